The Balaban J connectivity index is 2.36. The van der Waals surface area contributed by atoms with Crippen LogP contribution < -0.4 is 5.73 Å². The highest BCUT2D eigenvalue weighted by atomic mass is 14.8. The summed E-state index contributed by atoms with van der Waals surface area (Å²) in [5.41, 5.74) is 7.57. The quantitative estimate of drug-likeness (QED) is 0.730. The van der Waals surface area contributed by atoms with Gasteiger partial charge in [0.15, 0.2) is 0 Å². The molecule has 1 aromatic heterocycles. The summed E-state index contributed by atoms with van der Waals surface area (Å²) < 4.78 is 0. The molecule has 0 saturated carbocycles. The summed E-state index contributed by atoms with van der Waals surface area (Å²) in [6, 6.07) is 3.73. The largest absolute Gasteiger partial charge is 0.397 e. The fourth-order valence-electron chi connectivity index (χ4n) is 1.64. The van der Waals surface area contributed by atoms with Crippen molar-refractivity contribution in [2.75, 3.05) is 5.73 Å². The van der Waals surface area contributed by atoms with Crippen LogP contribution in [0.25, 0.3) is 0 Å². The SMILES string of the molecule is CC1C=NC=CC1c1ncccc1N. The first-order valence-corrected chi connectivity index (χ1v) is 4.69. The van der Waals surface area contributed by atoms with Crippen LogP contribution in [0, 0.1) is 5.92 Å². The van der Waals surface area contributed by atoms with Crippen LogP contribution in [0.5, 0.6) is 0 Å². The molecule has 0 saturated heterocycles. The van der Waals surface area contributed by atoms with E-state index in [1.165, 1.54) is 0 Å². The van der Waals surface area contributed by atoms with E-state index in [1.54, 1.807) is 12.4 Å². The Hall–Kier alpha value is -1.64. The van der Waals surface area contributed by atoms with E-state index in [4.69, 9.17) is 5.73 Å². The van der Waals surface area contributed by atoms with Crippen LogP contribution in [-0.4, -0.2) is 11.2 Å². The van der Waals surface area contributed by atoms with Crippen LogP contribution in [0.4, 0.5) is 5.69 Å². The van der Waals surface area contributed by atoms with Crippen molar-refractivity contribution < 1.29 is 0 Å². The van der Waals surface area contributed by atoms with E-state index in [0.717, 1.165) is 11.4 Å². The molecule has 3 heteroatoms. The van der Waals surface area contributed by atoms with E-state index >= 15 is 0 Å². The zero-order valence-corrected chi connectivity index (χ0v) is 8.09. The standard InChI is InChI=1S/C11H13N3/c1-8-7-13-6-4-9(8)11-10(12)3-2-5-14-11/h2-9H,12H2,1H3. The van der Waals surface area contributed by atoms with Gasteiger partial charge in [-0.05, 0) is 12.1 Å². The van der Waals surface area contributed by atoms with E-state index in [-0.39, 0.29) is 5.92 Å². The van der Waals surface area contributed by atoms with Gasteiger partial charge < -0.3 is 5.73 Å². The Kier molecular flexibility index (Phi) is 2.31. The Morgan fingerprint density at radius 3 is 3.00 bits per heavy atom. The Bertz CT molecular complexity index is 382. The number of aromatic nitrogens is 1. The minimum Gasteiger partial charge on any atom is -0.397 e. The molecule has 2 unspecified atom stereocenters. The molecule has 0 aliphatic carbocycles. The minimum absolute atomic E-state index is 0.258. The van der Waals surface area contributed by atoms with Gasteiger partial charge in [0.2, 0.25) is 0 Å². The number of allylic oxidation sites excluding steroid dienone is 1. The fourth-order valence-corrected chi connectivity index (χ4v) is 1.64. The predicted octanol–water partition coefficient (Wildman–Crippen LogP) is 1.98. The number of pyridine rings is 1. The molecule has 2 heterocycles. The lowest BCUT2D eigenvalue weighted by Crippen LogP contribution is -2.14. The van der Waals surface area contributed by atoms with E-state index in [2.05, 4.69) is 16.9 Å². The lowest BCUT2D eigenvalue weighted by Gasteiger charge is -2.20. The molecule has 3 nitrogen and oxygen atoms in total. The van der Waals surface area contributed by atoms with Crippen molar-refractivity contribution in [1.29, 1.82) is 0 Å². The number of nitrogen functional groups attached to an aromatic ring is 1. The summed E-state index contributed by atoms with van der Waals surface area (Å²) in [4.78, 5) is 8.40. The summed E-state index contributed by atoms with van der Waals surface area (Å²) in [5.74, 6) is 0.617. The molecule has 72 valence electrons. The Labute approximate surface area is 83.4 Å². The summed E-state index contributed by atoms with van der Waals surface area (Å²) in [5, 5.41) is 0. The predicted molar refractivity (Wildman–Crippen MR) is 58.2 cm³/mol. The number of hydrogen-bond donors (Lipinski definition) is 1. The molecule has 0 bridgehead atoms. The number of hydrogen-bond acceptors (Lipinski definition) is 3. The number of nitrogens with zero attached hydrogens (tertiary/aromatic N) is 2. The highest BCUT2D eigenvalue weighted by molar-refractivity contribution is 5.66. The minimum atomic E-state index is 0.258. The average Bonchev–Trinajstić information content (AvgIpc) is 2.20. The van der Waals surface area contributed by atoms with Gasteiger partial charge in [-0.25, -0.2) is 0 Å². The molecule has 0 spiro atoms. The van der Waals surface area contributed by atoms with Gasteiger partial charge in [0.1, 0.15) is 0 Å². The van der Waals surface area contributed by atoms with Crippen molar-refractivity contribution >= 4 is 11.9 Å². The molecule has 1 aromatic rings. The number of anilines is 1. The number of aliphatic imine (C=N–C) groups is 1. The van der Waals surface area contributed by atoms with Crippen LogP contribution in [-0.2, 0) is 0 Å². The van der Waals surface area contributed by atoms with Crippen LogP contribution >= 0.6 is 0 Å². The van der Waals surface area contributed by atoms with Gasteiger partial charge in [-0.2, -0.15) is 0 Å². The zero-order chi connectivity index (χ0) is 9.97. The van der Waals surface area contributed by atoms with E-state index in [9.17, 15) is 0 Å². The third-order valence-electron chi connectivity index (χ3n) is 2.45. The first-order valence-electron chi connectivity index (χ1n) is 4.69. The molecular weight excluding hydrogens is 174 g/mol. The van der Waals surface area contributed by atoms with Crippen molar-refractivity contribution in [3.05, 3.63) is 36.3 Å². The van der Waals surface area contributed by atoms with E-state index in [1.807, 2.05) is 24.4 Å². The van der Waals surface area contributed by atoms with Gasteiger partial charge in [0, 0.05) is 30.4 Å². The van der Waals surface area contributed by atoms with E-state index < -0.39 is 0 Å². The molecule has 2 N–H and O–H groups in total. The molecule has 1 aliphatic rings. The second kappa shape index (κ2) is 3.62. The van der Waals surface area contributed by atoms with Gasteiger partial charge >= 0.3 is 0 Å². The second-order valence-corrected chi connectivity index (χ2v) is 3.50. The first-order chi connectivity index (χ1) is 6.79. The molecule has 14 heavy (non-hydrogen) atoms. The lowest BCUT2D eigenvalue weighted by atomic mass is 9.89. The van der Waals surface area contributed by atoms with Crippen molar-refractivity contribution in [2.24, 2.45) is 10.9 Å². The molecule has 2 rings (SSSR count). The van der Waals surface area contributed by atoms with Crippen LogP contribution in [0.2, 0.25) is 0 Å². The lowest BCUT2D eigenvalue weighted by molar-refractivity contribution is 0.665. The van der Waals surface area contributed by atoms with Crippen LogP contribution in [0.1, 0.15) is 18.5 Å². The molecular formula is C11H13N3. The van der Waals surface area contributed by atoms with Crippen molar-refractivity contribution in [3.8, 4) is 0 Å². The highest BCUT2D eigenvalue weighted by Gasteiger charge is 2.20. The molecule has 2 atom stereocenters. The maximum absolute atomic E-state index is 5.87. The van der Waals surface area contributed by atoms with E-state index in [0.29, 0.717) is 5.92 Å². The molecule has 0 aromatic carbocycles. The van der Waals surface area contributed by atoms with Gasteiger partial charge in [-0.1, -0.05) is 13.0 Å². The molecule has 1 aliphatic heterocycles. The van der Waals surface area contributed by atoms with Crippen molar-refractivity contribution in [1.82, 2.24) is 4.98 Å². The maximum atomic E-state index is 5.87. The monoisotopic (exact) mass is 187 g/mol. The van der Waals surface area contributed by atoms with Gasteiger partial charge in [-0.15, -0.1) is 0 Å². The van der Waals surface area contributed by atoms with Crippen LogP contribution in [0.3, 0.4) is 0 Å². The Morgan fingerprint density at radius 2 is 2.29 bits per heavy atom. The summed E-state index contributed by atoms with van der Waals surface area (Å²) in [7, 11) is 0. The maximum Gasteiger partial charge on any atom is 0.0708 e. The third-order valence-corrected chi connectivity index (χ3v) is 2.45. The van der Waals surface area contributed by atoms with Crippen molar-refractivity contribution in [3.63, 3.8) is 0 Å². The number of rotatable bonds is 1. The Morgan fingerprint density at radius 1 is 1.43 bits per heavy atom. The average molecular weight is 187 g/mol. The second-order valence-electron chi connectivity index (χ2n) is 3.50. The van der Waals surface area contributed by atoms with Crippen LogP contribution in [0.15, 0.2) is 35.6 Å². The smallest absolute Gasteiger partial charge is 0.0708 e. The molecule has 0 fully saturated rings. The number of nitrogens with two attached hydrogens (primary N) is 1. The molecule has 0 radical (unpaired) electrons. The highest BCUT2D eigenvalue weighted by Crippen LogP contribution is 2.29. The van der Waals surface area contributed by atoms with Gasteiger partial charge in [0.25, 0.3) is 0 Å². The van der Waals surface area contributed by atoms with Gasteiger partial charge in [-0.3, -0.25) is 9.98 Å². The summed E-state index contributed by atoms with van der Waals surface area (Å²) in [6.07, 6.45) is 7.55. The van der Waals surface area contributed by atoms with Crippen molar-refractivity contribution in [2.45, 2.75) is 12.8 Å². The zero-order valence-electron chi connectivity index (χ0n) is 8.09. The van der Waals surface area contributed by atoms with Gasteiger partial charge in [0.05, 0.1) is 11.4 Å². The topological polar surface area (TPSA) is 51.3 Å². The third kappa shape index (κ3) is 1.53. The summed E-state index contributed by atoms with van der Waals surface area (Å²) in [6.45, 7) is 2.12. The fraction of sp³-hybridized carbons (Fsp3) is 0.273. The molecule has 0 amide bonds. The normalized spacial score (nSPS) is 25.2. The summed E-state index contributed by atoms with van der Waals surface area (Å²) >= 11 is 0. The first kappa shape index (κ1) is 8.94.